The van der Waals surface area contributed by atoms with Gasteiger partial charge in [0.2, 0.25) is 0 Å². The summed E-state index contributed by atoms with van der Waals surface area (Å²) in [5, 5.41) is 9.36. The second kappa shape index (κ2) is 7.71. The monoisotopic (exact) mass is 318 g/mol. The zero-order valence-electron chi connectivity index (χ0n) is 14.4. The van der Waals surface area contributed by atoms with Gasteiger partial charge >= 0.3 is 0 Å². The van der Waals surface area contributed by atoms with Gasteiger partial charge in [-0.05, 0) is 54.9 Å². The van der Waals surface area contributed by atoms with Crippen LogP contribution < -0.4 is 0 Å². The van der Waals surface area contributed by atoms with Crippen LogP contribution in [0.1, 0.15) is 88.6 Å². The van der Waals surface area contributed by atoms with Crippen molar-refractivity contribution in [2.75, 3.05) is 0 Å². The van der Waals surface area contributed by atoms with Crippen LogP contribution in [0.25, 0.3) is 0 Å². The smallest absolute Gasteiger partial charge is 0.160 e. The van der Waals surface area contributed by atoms with Gasteiger partial charge in [0, 0.05) is 12.4 Å². The SMILES string of the molecule is CC1CCC(c2cnc(C(OO)C3CCC(C)CC3)nc2)CC1. The number of hydrogen-bond donors (Lipinski definition) is 1. The van der Waals surface area contributed by atoms with Crippen molar-refractivity contribution in [3.8, 4) is 0 Å². The molecule has 0 saturated heterocycles. The zero-order chi connectivity index (χ0) is 16.2. The topological polar surface area (TPSA) is 55.2 Å². The highest BCUT2D eigenvalue weighted by Gasteiger charge is 2.30. The van der Waals surface area contributed by atoms with E-state index in [1.54, 1.807) is 0 Å². The molecule has 1 N–H and O–H groups in total. The second-order valence-corrected chi connectivity index (χ2v) is 7.88. The van der Waals surface area contributed by atoms with E-state index in [0.717, 1.165) is 24.7 Å². The molecule has 3 rings (SSSR count). The average Bonchev–Trinajstić information content (AvgIpc) is 2.59. The van der Waals surface area contributed by atoms with Crippen molar-refractivity contribution in [1.82, 2.24) is 9.97 Å². The van der Waals surface area contributed by atoms with E-state index in [0.29, 0.717) is 17.7 Å². The van der Waals surface area contributed by atoms with Gasteiger partial charge in [-0.15, -0.1) is 0 Å². The third kappa shape index (κ3) is 4.10. The molecule has 4 heteroatoms. The summed E-state index contributed by atoms with van der Waals surface area (Å²) in [4.78, 5) is 13.9. The predicted octanol–water partition coefficient (Wildman–Crippen LogP) is 5.13. The first kappa shape index (κ1) is 16.8. The van der Waals surface area contributed by atoms with Gasteiger partial charge in [-0.1, -0.05) is 39.5 Å². The molecule has 1 heterocycles. The van der Waals surface area contributed by atoms with E-state index in [1.165, 1.54) is 44.1 Å². The van der Waals surface area contributed by atoms with E-state index in [9.17, 15) is 5.26 Å². The number of nitrogens with zero attached hydrogens (tertiary/aromatic N) is 2. The van der Waals surface area contributed by atoms with Gasteiger partial charge in [-0.2, -0.15) is 0 Å². The van der Waals surface area contributed by atoms with Gasteiger partial charge in [0.1, 0.15) is 0 Å². The van der Waals surface area contributed by atoms with Crippen LogP contribution in [0.3, 0.4) is 0 Å². The van der Waals surface area contributed by atoms with Crippen LogP contribution in [0, 0.1) is 17.8 Å². The highest BCUT2D eigenvalue weighted by atomic mass is 17.1. The molecular formula is C19H30N2O2. The summed E-state index contributed by atoms with van der Waals surface area (Å²) >= 11 is 0. The van der Waals surface area contributed by atoms with Crippen molar-refractivity contribution in [3.05, 3.63) is 23.8 Å². The molecule has 0 amide bonds. The molecule has 4 nitrogen and oxygen atoms in total. The van der Waals surface area contributed by atoms with Gasteiger partial charge in [-0.3, -0.25) is 5.26 Å². The van der Waals surface area contributed by atoms with Gasteiger partial charge in [0.05, 0.1) is 0 Å². The maximum atomic E-state index is 9.36. The van der Waals surface area contributed by atoms with Crippen LogP contribution in [0.2, 0.25) is 0 Å². The molecule has 0 radical (unpaired) electrons. The number of rotatable bonds is 4. The Balaban J connectivity index is 1.65. The van der Waals surface area contributed by atoms with E-state index in [-0.39, 0.29) is 6.10 Å². The molecule has 0 spiro atoms. The summed E-state index contributed by atoms with van der Waals surface area (Å²) in [7, 11) is 0. The first-order valence-corrected chi connectivity index (χ1v) is 9.29. The summed E-state index contributed by atoms with van der Waals surface area (Å²) in [5.41, 5.74) is 1.25. The van der Waals surface area contributed by atoms with E-state index in [4.69, 9.17) is 4.89 Å². The van der Waals surface area contributed by atoms with Crippen molar-refractivity contribution in [3.63, 3.8) is 0 Å². The minimum atomic E-state index is -0.372. The third-order valence-electron chi connectivity index (χ3n) is 6.04. The summed E-state index contributed by atoms with van der Waals surface area (Å²) in [6, 6.07) is 0. The Morgan fingerprint density at radius 1 is 0.913 bits per heavy atom. The summed E-state index contributed by atoms with van der Waals surface area (Å²) in [5.74, 6) is 3.21. The molecule has 1 atom stereocenters. The summed E-state index contributed by atoms with van der Waals surface area (Å²) in [6.07, 6.45) is 13.2. The van der Waals surface area contributed by atoms with Crippen molar-refractivity contribution >= 4 is 0 Å². The number of hydrogen-bond acceptors (Lipinski definition) is 4. The molecular weight excluding hydrogens is 288 g/mol. The fourth-order valence-corrected chi connectivity index (χ4v) is 4.23. The van der Waals surface area contributed by atoms with Gasteiger partial charge in [0.25, 0.3) is 0 Å². The van der Waals surface area contributed by atoms with Crippen molar-refractivity contribution in [2.24, 2.45) is 17.8 Å². The molecule has 2 aliphatic carbocycles. The maximum absolute atomic E-state index is 9.36. The highest BCUT2D eigenvalue weighted by Crippen LogP contribution is 2.38. The van der Waals surface area contributed by atoms with Crippen molar-refractivity contribution in [2.45, 2.75) is 77.2 Å². The quantitative estimate of drug-likeness (QED) is 0.618. The molecule has 23 heavy (non-hydrogen) atoms. The molecule has 2 saturated carbocycles. The first-order valence-electron chi connectivity index (χ1n) is 9.29. The van der Waals surface area contributed by atoms with Gasteiger partial charge in [-0.25, -0.2) is 14.9 Å². The molecule has 1 aromatic heterocycles. The van der Waals surface area contributed by atoms with Crippen LogP contribution in [0.15, 0.2) is 12.4 Å². The summed E-state index contributed by atoms with van der Waals surface area (Å²) < 4.78 is 0. The molecule has 0 aliphatic heterocycles. The molecule has 0 bridgehead atoms. The largest absolute Gasteiger partial charge is 0.251 e. The first-order chi connectivity index (χ1) is 11.2. The van der Waals surface area contributed by atoms with E-state index < -0.39 is 0 Å². The highest BCUT2D eigenvalue weighted by molar-refractivity contribution is 5.13. The van der Waals surface area contributed by atoms with Crippen LogP contribution in [0.5, 0.6) is 0 Å². The predicted molar refractivity (Wildman–Crippen MR) is 90.0 cm³/mol. The zero-order valence-corrected chi connectivity index (χ0v) is 14.4. The average molecular weight is 318 g/mol. The van der Waals surface area contributed by atoms with Gasteiger partial charge < -0.3 is 0 Å². The van der Waals surface area contributed by atoms with Crippen LogP contribution in [0.4, 0.5) is 0 Å². The Kier molecular flexibility index (Phi) is 5.65. The molecule has 128 valence electrons. The minimum Gasteiger partial charge on any atom is -0.251 e. The molecule has 2 aliphatic rings. The number of aromatic nitrogens is 2. The Morgan fingerprint density at radius 3 is 1.96 bits per heavy atom. The van der Waals surface area contributed by atoms with Crippen LogP contribution in [-0.4, -0.2) is 15.2 Å². The van der Waals surface area contributed by atoms with Crippen molar-refractivity contribution < 1.29 is 10.1 Å². The Bertz CT molecular complexity index is 475. The third-order valence-corrected chi connectivity index (χ3v) is 6.04. The van der Waals surface area contributed by atoms with E-state index in [2.05, 4.69) is 23.8 Å². The van der Waals surface area contributed by atoms with Gasteiger partial charge in [0.15, 0.2) is 11.9 Å². The Hall–Kier alpha value is -1.00. The normalized spacial score (nSPS) is 33.3. The lowest BCUT2D eigenvalue weighted by Gasteiger charge is -2.30. The second-order valence-electron chi connectivity index (χ2n) is 7.88. The van der Waals surface area contributed by atoms with Crippen molar-refractivity contribution in [1.29, 1.82) is 0 Å². The standard InChI is InChI=1S/C19H30N2O2/c1-13-3-7-15(8-4-13)17-11-20-19(21-12-17)18(23-22)16-9-5-14(2)6-10-16/h11-16,18,22H,3-10H2,1-2H3. The Labute approximate surface area is 139 Å². The lowest BCUT2D eigenvalue weighted by Crippen LogP contribution is -2.23. The van der Waals surface area contributed by atoms with Crippen LogP contribution >= 0.6 is 0 Å². The minimum absolute atomic E-state index is 0.331. The Morgan fingerprint density at radius 2 is 1.43 bits per heavy atom. The molecule has 2 fully saturated rings. The fourth-order valence-electron chi connectivity index (χ4n) is 4.23. The maximum Gasteiger partial charge on any atom is 0.160 e. The van der Waals surface area contributed by atoms with E-state index >= 15 is 0 Å². The van der Waals surface area contributed by atoms with E-state index in [1.807, 2.05) is 12.4 Å². The van der Waals surface area contributed by atoms with Crippen LogP contribution in [-0.2, 0) is 4.89 Å². The molecule has 0 aromatic carbocycles. The molecule has 1 aromatic rings. The lowest BCUT2D eigenvalue weighted by atomic mass is 9.79. The fraction of sp³-hybridized carbons (Fsp3) is 0.789. The molecule has 1 unspecified atom stereocenters. The lowest BCUT2D eigenvalue weighted by molar-refractivity contribution is -0.298. The summed E-state index contributed by atoms with van der Waals surface area (Å²) in [6.45, 7) is 4.63.